The molecule has 0 spiro atoms. The van der Waals surface area contributed by atoms with E-state index in [2.05, 4.69) is 20.7 Å². The number of nitrogens with zero attached hydrogens (tertiary/aromatic N) is 5. The standard InChI is InChI=1S/C26H21F2N7O2/c1-16-15-34-22(21(14-32-34)23(36)33-20-9-5-6-17(10-20)11-29)24(37)35(16)25-30-12-19(13-31-25)26(27,28)18-7-3-2-4-8-18/h2-10,12-13,15,21-22,32H,14H2,1H3,(H,33,36)/t21-,22?/m0/s1. The molecule has 0 radical (unpaired) electrons. The van der Waals surface area contributed by atoms with Gasteiger partial charge in [-0.2, -0.15) is 14.0 Å². The number of hydrogen-bond donors (Lipinski definition) is 2. The van der Waals surface area contributed by atoms with E-state index in [0.717, 1.165) is 12.4 Å². The number of amides is 2. The number of halogens is 2. The van der Waals surface area contributed by atoms with Crippen molar-refractivity contribution in [3.8, 4) is 6.07 Å². The minimum absolute atomic E-state index is 0.0706. The molecule has 11 heteroatoms. The molecule has 3 aromatic rings. The zero-order valence-electron chi connectivity index (χ0n) is 19.6. The molecular weight excluding hydrogens is 480 g/mol. The van der Waals surface area contributed by atoms with E-state index >= 15 is 0 Å². The van der Waals surface area contributed by atoms with Crippen LogP contribution in [-0.4, -0.2) is 39.4 Å². The number of carbonyl (C=O) groups is 2. The smallest absolute Gasteiger partial charge is 0.301 e. The molecule has 0 saturated carbocycles. The van der Waals surface area contributed by atoms with Crippen molar-refractivity contribution >= 4 is 23.5 Å². The second-order valence-corrected chi connectivity index (χ2v) is 8.66. The number of nitrogens with one attached hydrogen (secondary N) is 2. The number of fused-ring (bicyclic) bond motifs is 1. The molecule has 2 aliphatic heterocycles. The Morgan fingerprint density at radius 3 is 2.57 bits per heavy atom. The van der Waals surface area contributed by atoms with Gasteiger partial charge in [-0.25, -0.2) is 20.3 Å². The maximum absolute atomic E-state index is 14.9. The largest absolute Gasteiger partial charge is 0.326 e. The van der Waals surface area contributed by atoms with Crippen molar-refractivity contribution in [1.29, 1.82) is 5.26 Å². The van der Waals surface area contributed by atoms with Gasteiger partial charge >= 0.3 is 5.92 Å². The SMILES string of the molecule is CC1=CN2NC[C@H](C(=O)Nc3cccc(C#N)c3)C2C(=O)N1c1ncc(C(F)(F)c2ccccc2)cn1. The number of hydrazine groups is 1. The lowest BCUT2D eigenvalue weighted by Gasteiger charge is -2.35. The van der Waals surface area contributed by atoms with E-state index < -0.39 is 35.3 Å². The van der Waals surface area contributed by atoms with Crippen LogP contribution in [0.25, 0.3) is 0 Å². The van der Waals surface area contributed by atoms with Crippen LogP contribution >= 0.6 is 0 Å². The predicted octanol–water partition coefficient (Wildman–Crippen LogP) is 3.14. The van der Waals surface area contributed by atoms with Gasteiger partial charge in [0.15, 0.2) is 0 Å². The quantitative estimate of drug-likeness (QED) is 0.552. The molecule has 3 heterocycles. The lowest BCUT2D eigenvalue weighted by atomic mass is 9.97. The Morgan fingerprint density at radius 1 is 1.14 bits per heavy atom. The number of carbonyl (C=O) groups excluding carboxylic acids is 2. The van der Waals surface area contributed by atoms with Gasteiger partial charge < -0.3 is 10.3 Å². The van der Waals surface area contributed by atoms with Crippen molar-refractivity contribution in [1.82, 2.24) is 20.4 Å². The monoisotopic (exact) mass is 501 g/mol. The predicted molar refractivity (Wildman–Crippen MR) is 130 cm³/mol. The first kappa shape index (κ1) is 24.0. The summed E-state index contributed by atoms with van der Waals surface area (Å²) in [5, 5.41) is 13.4. The van der Waals surface area contributed by atoms with Gasteiger partial charge in [0.1, 0.15) is 6.04 Å². The Morgan fingerprint density at radius 2 is 1.86 bits per heavy atom. The Kier molecular flexibility index (Phi) is 6.11. The number of rotatable bonds is 5. The molecule has 2 aromatic carbocycles. The first-order chi connectivity index (χ1) is 17.8. The molecule has 2 N–H and O–H groups in total. The highest BCUT2D eigenvalue weighted by Crippen LogP contribution is 2.36. The van der Waals surface area contributed by atoms with Gasteiger partial charge in [-0.3, -0.25) is 9.59 Å². The van der Waals surface area contributed by atoms with E-state index in [1.807, 2.05) is 6.07 Å². The summed E-state index contributed by atoms with van der Waals surface area (Å²) in [4.78, 5) is 36.0. The average molecular weight is 501 g/mol. The number of alkyl halides is 2. The van der Waals surface area contributed by atoms with Crippen LogP contribution in [0.15, 0.2) is 78.9 Å². The summed E-state index contributed by atoms with van der Waals surface area (Å²) in [7, 11) is 0. The Balaban J connectivity index is 1.38. The van der Waals surface area contributed by atoms with Gasteiger partial charge in [0.2, 0.25) is 11.9 Å². The molecule has 1 unspecified atom stereocenters. The van der Waals surface area contributed by atoms with Gasteiger partial charge in [0.25, 0.3) is 5.91 Å². The van der Waals surface area contributed by atoms with Crippen molar-refractivity contribution < 1.29 is 18.4 Å². The summed E-state index contributed by atoms with van der Waals surface area (Å²) in [5.41, 5.74) is 3.72. The molecule has 9 nitrogen and oxygen atoms in total. The van der Waals surface area contributed by atoms with Crippen LogP contribution in [0.3, 0.4) is 0 Å². The number of hydrogen-bond acceptors (Lipinski definition) is 7. The highest BCUT2D eigenvalue weighted by Gasteiger charge is 2.48. The zero-order chi connectivity index (χ0) is 26.2. The van der Waals surface area contributed by atoms with Crippen LogP contribution in [0.4, 0.5) is 20.4 Å². The number of anilines is 2. The van der Waals surface area contributed by atoms with E-state index in [1.54, 1.807) is 42.4 Å². The Bertz CT molecular complexity index is 1420. The molecule has 1 fully saturated rings. The maximum atomic E-state index is 14.9. The van der Waals surface area contributed by atoms with Gasteiger partial charge in [-0.1, -0.05) is 36.4 Å². The number of allylic oxidation sites excluding steroid dienone is 1. The van der Waals surface area contributed by atoms with Crippen LogP contribution in [0.5, 0.6) is 0 Å². The minimum Gasteiger partial charge on any atom is -0.326 e. The van der Waals surface area contributed by atoms with Crippen molar-refractivity contribution in [3.63, 3.8) is 0 Å². The summed E-state index contributed by atoms with van der Waals surface area (Å²) >= 11 is 0. The average Bonchev–Trinajstić information content (AvgIpc) is 3.34. The topological polar surface area (TPSA) is 114 Å². The van der Waals surface area contributed by atoms with Gasteiger partial charge in [0, 0.05) is 42.1 Å². The number of aromatic nitrogens is 2. The lowest BCUT2D eigenvalue weighted by molar-refractivity contribution is -0.129. The van der Waals surface area contributed by atoms with E-state index in [0.29, 0.717) is 16.9 Å². The first-order valence-corrected chi connectivity index (χ1v) is 11.4. The molecule has 37 heavy (non-hydrogen) atoms. The zero-order valence-corrected chi connectivity index (χ0v) is 19.6. The normalized spacial score (nSPS) is 19.2. The third kappa shape index (κ3) is 4.39. The van der Waals surface area contributed by atoms with Crippen LogP contribution in [-0.2, 0) is 15.5 Å². The van der Waals surface area contributed by atoms with Crippen molar-refractivity contribution in [2.24, 2.45) is 5.92 Å². The molecule has 2 aliphatic rings. The maximum Gasteiger partial charge on any atom is 0.301 e. The van der Waals surface area contributed by atoms with E-state index in [1.165, 1.54) is 35.2 Å². The van der Waals surface area contributed by atoms with Crippen LogP contribution in [0.1, 0.15) is 23.6 Å². The number of benzene rings is 2. The molecule has 1 saturated heterocycles. The summed E-state index contributed by atoms with van der Waals surface area (Å²) < 4.78 is 29.8. The molecule has 2 atom stereocenters. The lowest BCUT2D eigenvalue weighted by Crippen LogP contribution is -2.53. The summed E-state index contributed by atoms with van der Waals surface area (Å²) in [5.74, 6) is -5.03. The molecule has 2 amide bonds. The van der Waals surface area contributed by atoms with E-state index in [9.17, 15) is 18.4 Å². The third-order valence-corrected chi connectivity index (χ3v) is 6.26. The fourth-order valence-electron chi connectivity index (χ4n) is 4.40. The fraction of sp³-hybridized carbons (Fsp3) is 0.192. The molecule has 186 valence electrons. The van der Waals surface area contributed by atoms with Crippen LogP contribution < -0.4 is 15.6 Å². The third-order valence-electron chi connectivity index (χ3n) is 6.26. The second kappa shape index (κ2) is 9.40. The van der Waals surface area contributed by atoms with Gasteiger partial charge in [0.05, 0.1) is 23.1 Å². The van der Waals surface area contributed by atoms with Crippen molar-refractivity contribution in [3.05, 3.63) is 95.6 Å². The van der Waals surface area contributed by atoms with E-state index in [4.69, 9.17) is 5.26 Å². The minimum atomic E-state index is -3.31. The van der Waals surface area contributed by atoms with E-state index in [-0.39, 0.29) is 18.1 Å². The van der Waals surface area contributed by atoms with Crippen LogP contribution in [0.2, 0.25) is 0 Å². The molecule has 1 aromatic heterocycles. The first-order valence-electron chi connectivity index (χ1n) is 11.4. The van der Waals surface area contributed by atoms with Gasteiger partial charge in [-0.05, 0) is 25.1 Å². The second-order valence-electron chi connectivity index (χ2n) is 8.66. The highest BCUT2D eigenvalue weighted by molar-refractivity contribution is 6.04. The molecular formula is C26H21F2N7O2. The summed E-state index contributed by atoms with van der Waals surface area (Å²) in [6.07, 6.45) is 3.65. The molecule has 0 bridgehead atoms. The Labute approximate surface area is 211 Å². The Hall–Kier alpha value is -4.69. The van der Waals surface area contributed by atoms with Crippen molar-refractivity contribution in [2.75, 3.05) is 16.8 Å². The van der Waals surface area contributed by atoms with Crippen LogP contribution in [0, 0.1) is 17.2 Å². The summed E-state index contributed by atoms with van der Waals surface area (Å²) in [6, 6.07) is 14.9. The van der Waals surface area contributed by atoms with Gasteiger partial charge in [-0.15, -0.1) is 0 Å². The number of nitriles is 1. The fourth-order valence-corrected chi connectivity index (χ4v) is 4.40. The molecule has 0 aliphatic carbocycles. The molecule has 5 rings (SSSR count). The summed E-state index contributed by atoms with van der Waals surface area (Å²) in [6.45, 7) is 1.85. The van der Waals surface area contributed by atoms with Crippen molar-refractivity contribution in [2.45, 2.75) is 18.9 Å². The highest BCUT2D eigenvalue weighted by atomic mass is 19.3.